The highest BCUT2D eigenvalue weighted by atomic mass is 79.9. The molecule has 1 rings (SSSR count). The van der Waals surface area contributed by atoms with Crippen molar-refractivity contribution in [3.8, 4) is 0 Å². The number of carbonyl (C=O) groups excluding carboxylic acids is 2. The van der Waals surface area contributed by atoms with Gasteiger partial charge in [0.05, 0.1) is 18.0 Å². The number of esters is 1. The molecule has 1 aromatic rings. The molecule has 4 nitrogen and oxygen atoms in total. The van der Waals surface area contributed by atoms with Crippen LogP contribution in [-0.4, -0.2) is 25.5 Å². The summed E-state index contributed by atoms with van der Waals surface area (Å²) >= 11 is 2.99. The lowest BCUT2D eigenvalue weighted by molar-refractivity contribution is -0.140. The Bertz CT molecular complexity index is 437. The van der Waals surface area contributed by atoms with Gasteiger partial charge in [0.15, 0.2) is 0 Å². The first-order chi connectivity index (χ1) is 8.04. The lowest BCUT2D eigenvalue weighted by Gasteiger charge is -2.05. The molecular weight excluding hydrogens is 293 g/mol. The Morgan fingerprint density at radius 2 is 2.18 bits per heavy atom. The number of benzene rings is 1. The first-order valence-electron chi connectivity index (χ1n) is 4.84. The fourth-order valence-electron chi connectivity index (χ4n) is 1.12. The zero-order chi connectivity index (χ0) is 12.8. The van der Waals surface area contributed by atoms with Crippen LogP contribution in [0.4, 0.5) is 4.39 Å². The molecule has 0 heterocycles. The second-order valence-corrected chi connectivity index (χ2v) is 4.07. The first-order valence-corrected chi connectivity index (χ1v) is 5.64. The maximum Gasteiger partial charge on any atom is 0.307 e. The minimum atomic E-state index is -0.434. The zero-order valence-corrected chi connectivity index (χ0v) is 10.7. The second-order valence-electron chi connectivity index (χ2n) is 3.21. The number of rotatable bonds is 4. The highest BCUT2D eigenvalue weighted by Crippen LogP contribution is 2.16. The van der Waals surface area contributed by atoms with Crippen LogP contribution in [0.25, 0.3) is 0 Å². The summed E-state index contributed by atoms with van der Waals surface area (Å²) in [5.74, 6) is -1.20. The predicted octanol–water partition coefficient (Wildman–Crippen LogP) is 1.88. The van der Waals surface area contributed by atoms with Gasteiger partial charge >= 0.3 is 5.97 Å². The Morgan fingerprint density at radius 3 is 2.76 bits per heavy atom. The number of nitrogens with one attached hydrogen (secondary N) is 1. The van der Waals surface area contributed by atoms with Gasteiger partial charge in [0.25, 0.3) is 5.91 Å². The molecule has 0 aliphatic heterocycles. The quantitative estimate of drug-likeness (QED) is 0.864. The lowest BCUT2D eigenvalue weighted by atomic mass is 10.2. The number of carbonyl (C=O) groups is 2. The predicted molar refractivity (Wildman–Crippen MR) is 63.1 cm³/mol. The average Bonchev–Trinajstić information content (AvgIpc) is 2.32. The van der Waals surface area contributed by atoms with Gasteiger partial charge in [0.1, 0.15) is 5.82 Å². The van der Waals surface area contributed by atoms with Crippen LogP contribution in [0.3, 0.4) is 0 Å². The van der Waals surface area contributed by atoms with E-state index in [4.69, 9.17) is 0 Å². The largest absolute Gasteiger partial charge is 0.469 e. The van der Waals surface area contributed by atoms with Crippen LogP contribution in [0, 0.1) is 5.82 Å². The van der Waals surface area contributed by atoms with Gasteiger partial charge in [-0.3, -0.25) is 9.59 Å². The highest BCUT2D eigenvalue weighted by Gasteiger charge is 2.08. The molecule has 92 valence electrons. The Balaban J connectivity index is 2.52. The Morgan fingerprint density at radius 1 is 1.47 bits per heavy atom. The van der Waals surface area contributed by atoms with Crippen molar-refractivity contribution < 1.29 is 18.7 Å². The van der Waals surface area contributed by atoms with Gasteiger partial charge in [-0.25, -0.2) is 4.39 Å². The molecule has 6 heteroatoms. The smallest absolute Gasteiger partial charge is 0.307 e. The third-order valence-electron chi connectivity index (χ3n) is 2.02. The van der Waals surface area contributed by atoms with Gasteiger partial charge < -0.3 is 10.1 Å². The van der Waals surface area contributed by atoms with Crippen LogP contribution >= 0.6 is 15.9 Å². The Labute approximate surface area is 106 Å². The summed E-state index contributed by atoms with van der Waals surface area (Å²) in [6, 6.07) is 3.94. The monoisotopic (exact) mass is 303 g/mol. The molecule has 0 unspecified atom stereocenters. The molecule has 0 aliphatic carbocycles. The lowest BCUT2D eigenvalue weighted by Crippen LogP contribution is -2.26. The van der Waals surface area contributed by atoms with Crippen molar-refractivity contribution in [2.45, 2.75) is 6.42 Å². The summed E-state index contributed by atoms with van der Waals surface area (Å²) in [7, 11) is 1.28. The van der Waals surface area contributed by atoms with Crippen LogP contribution in [0.15, 0.2) is 22.7 Å². The molecule has 0 fully saturated rings. The van der Waals surface area contributed by atoms with Gasteiger partial charge in [-0.15, -0.1) is 0 Å². The van der Waals surface area contributed by atoms with Gasteiger partial charge in [-0.05, 0) is 34.1 Å². The summed E-state index contributed by atoms with van der Waals surface area (Å²) in [4.78, 5) is 22.4. The molecule has 1 N–H and O–H groups in total. The number of hydrogen-bond acceptors (Lipinski definition) is 3. The summed E-state index contributed by atoms with van der Waals surface area (Å²) < 4.78 is 17.6. The van der Waals surface area contributed by atoms with Crippen molar-refractivity contribution in [1.29, 1.82) is 0 Å². The first kappa shape index (κ1) is 13.6. The second kappa shape index (κ2) is 6.34. The van der Waals surface area contributed by atoms with Gasteiger partial charge in [0, 0.05) is 12.1 Å². The summed E-state index contributed by atoms with van der Waals surface area (Å²) in [6.45, 7) is 0.181. The van der Waals surface area contributed by atoms with Crippen molar-refractivity contribution in [1.82, 2.24) is 5.32 Å². The molecule has 0 bridgehead atoms. The molecule has 0 spiro atoms. The summed E-state index contributed by atoms with van der Waals surface area (Å²) in [5, 5.41) is 2.53. The van der Waals surface area contributed by atoms with E-state index in [0.29, 0.717) is 5.56 Å². The molecule has 1 amide bonds. The maximum atomic E-state index is 12.9. The molecule has 0 saturated carbocycles. The van der Waals surface area contributed by atoms with E-state index < -0.39 is 11.8 Å². The van der Waals surface area contributed by atoms with E-state index >= 15 is 0 Å². The van der Waals surface area contributed by atoms with E-state index in [0.717, 1.165) is 0 Å². The van der Waals surface area contributed by atoms with E-state index in [1.807, 2.05) is 0 Å². The van der Waals surface area contributed by atoms with Crippen molar-refractivity contribution >= 4 is 27.8 Å². The van der Waals surface area contributed by atoms with Gasteiger partial charge in [0.2, 0.25) is 0 Å². The number of amides is 1. The Kier molecular flexibility index (Phi) is 5.09. The zero-order valence-electron chi connectivity index (χ0n) is 9.13. The average molecular weight is 304 g/mol. The van der Waals surface area contributed by atoms with Gasteiger partial charge in [-0.1, -0.05) is 0 Å². The van der Waals surface area contributed by atoms with E-state index in [1.54, 1.807) is 0 Å². The van der Waals surface area contributed by atoms with Crippen molar-refractivity contribution in [3.05, 3.63) is 34.1 Å². The summed E-state index contributed by atoms with van der Waals surface area (Å²) in [5.41, 5.74) is 0.322. The molecular formula is C11H11BrFNO3. The fourth-order valence-corrected chi connectivity index (χ4v) is 1.50. The van der Waals surface area contributed by atoms with Crippen molar-refractivity contribution in [3.63, 3.8) is 0 Å². The topological polar surface area (TPSA) is 55.4 Å². The molecule has 0 radical (unpaired) electrons. The maximum absolute atomic E-state index is 12.9. The fraction of sp³-hybridized carbons (Fsp3) is 0.273. The normalized spacial score (nSPS) is 9.82. The van der Waals surface area contributed by atoms with E-state index in [1.165, 1.54) is 25.3 Å². The van der Waals surface area contributed by atoms with Crippen LogP contribution in [0.5, 0.6) is 0 Å². The number of ether oxygens (including phenoxy) is 1. The van der Waals surface area contributed by atoms with Crippen molar-refractivity contribution in [2.75, 3.05) is 13.7 Å². The SMILES string of the molecule is COC(=O)CCNC(=O)c1ccc(F)c(Br)c1. The van der Waals surface area contributed by atoms with Crippen LogP contribution in [0.2, 0.25) is 0 Å². The number of halogens is 2. The standard InChI is InChI=1S/C11H11BrFNO3/c1-17-10(15)4-5-14-11(16)7-2-3-9(13)8(12)6-7/h2-3,6H,4-5H2,1H3,(H,14,16). The van der Waals surface area contributed by atoms with Gasteiger partial charge in [-0.2, -0.15) is 0 Å². The molecule has 17 heavy (non-hydrogen) atoms. The molecule has 0 saturated heterocycles. The van der Waals surface area contributed by atoms with E-state index in [9.17, 15) is 14.0 Å². The third kappa shape index (κ3) is 4.14. The molecule has 0 atom stereocenters. The Hall–Kier alpha value is -1.43. The number of hydrogen-bond donors (Lipinski definition) is 1. The van der Waals surface area contributed by atoms with E-state index in [2.05, 4.69) is 26.0 Å². The number of methoxy groups -OCH3 is 1. The minimum Gasteiger partial charge on any atom is -0.469 e. The third-order valence-corrected chi connectivity index (χ3v) is 2.63. The van der Waals surface area contributed by atoms with Crippen molar-refractivity contribution in [2.24, 2.45) is 0 Å². The van der Waals surface area contributed by atoms with Crippen LogP contribution in [-0.2, 0) is 9.53 Å². The highest BCUT2D eigenvalue weighted by molar-refractivity contribution is 9.10. The van der Waals surface area contributed by atoms with Crippen LogP contribution in [0.1, 0.15) is 16.8 Å². The molecule has 1 aromatic carbocycles. The molecule has 0 aliphatic rings. The summed E-state index contributed by atoms with van der Waals surface area (Å²) in [6.07, 6.45) is 0.102. The minimum absolute atomic E-state index is 0.102. The molecule has 0 aromatic heterocycles. The van der Waals surface area contributed by atoms with Crippen LogP contribution < -0.4 is 5.32 Å². The van der Waals surface area contributed by atoms with E-state index in [-0.39, 0.29) is 23.3 Å².